The summed E-state index contributed by atoms with van der Waals surface area (Å²) in [5.41, 5.74) is 1.00. The van der Waals surface area contributed by atoms with Crippen LogP contribution in [0.4, 0.5) is 17.3 Å². The monoisotopic (exact) mass is 503 g/mol. The van der Waals surface area contributed by atoms with Crippen LogP contribution >= 0.6 is 34.5 Å². The number of hydrogen-bond acceptors (Lipinski definition) is 8. The minimum absolute atomic E-state index is 0.125. The summed E-state index contributed by atoms with van der Waals surface area (Å²) >= 11 is 13.7. The Bertz CT molecular complexity index is 1470. The Morgan fingerprint density at radius 2 is 1.82 bits per heavy atom. The van der Waals surface area contributed by atoms with Gasteiger partial charge in [-0.05, 0) is 30.3 Å². The molecule has 0 N–H and O–H groups in total. The van der Waals surface area contributed by atoms with Crippen molar-refractivity contribution in [3.8, 4) is 11.3 Å². The molecule has 0 saturated carbocycles. The third kappa shape index (κ3) is 4.85. The Balaban J connectivity index is 1.90. The highest BCUT2D eigenvalue weighted by Gasteiger charge is 2.16. The average molecular weight is 504 g/mol. The number of para-hydroxylation sites is 2. The van der Waals surface area contributed by atoms with Crippen molar-refractivity contribution < 1.29 is 14.3 Å². The molecule has 2 aromatic carbocycles. The fraction of sp³-hybridized carbons (Fsp3) is 0. The lowest BCUT2D eigenvalue weighted by Crippen LogP contribution is -2.11. The highest BCUT2D eigenvalue weighted by Crippen LogP contribution is 2.32. The SMILES string of the molecule is O=[N+]([O-])c1ccc(C=Nn2c(-c3cc(Cl)ccc3Cl)csc2=Nc2ccccc2[N+](=O)[O-])o1. The molecule has 13 heteroatoms. The Kier molecular flexibility index (Phi) is 6.36. The van der Waals surface area contributed by atoms with Gasteiger partial charge in [-0.1, -0.05) is 35.3 Å². The molecule has 0 spiro atoms. The lowest BCUT2D eigenvalue weighted by atomic mass is 10.2. The van der Waals surface area contributed by atoms with Gasteiger partial charge in [-0.2, -0.15) is 5.10 Å². The van der Waals surface area contributed by atoms with E-state index in [1.54, 1.807) is 35.7 Å². The first-order chi connectivity index (χ1) is 15.8. The first-order valence-corrected chi connectivity index (χ1v) is 10.7. The van der Waals surface area contributed by atoms with Crippen molar-refractivity contribution in [3.63, 3.8) is 0 Å². The van der Waals surface area contributed by atoms with Crippen molar-refractivity contribution in [3.05, 3.63) is 101 Å². The molecule has 4 aromatic rings. The molecule has 4 rings (SSSR count). The number of nitro groups is 2. The summed E-state index contributed by atoms with van der Waals surface area (Å²) in [4.78, 5) is 25.8. The van der Waals surface area contributed by atoms with Crippen LogP contribution in [-0.2, 0) is 0 Å². The number of furan rings is 1. The van der Waals surface area contributed by atoms with E-state index in [1.165, 1.54) is 46.5 Å². The third-order valence-corrected chi connectivity index (χ3v) is 5.66. The normalized spacial score (nSPS) is 11.9. The van der Waals surface area contributed by atoms with Gasteiger partial charge in [-0.15, -0.1) is 11.3 Å². The molecule has 10 nitrogen and oxygen atoms in total. The minimum Gasteiger partial charge on any atom is -0.400 e. The predicted molar refractivity (Wildman–Crippen MR) is 124 cm³/mol. The maximum absolute atomic E-state index is 11.4. The van der Waals surface area contributed by atoms with Crippen LogP contribution in [0, 0.1) is 20.2 Å². The zero-order valence-electron chi connectivity index (χ0n) is 16.3. The lowest BCUT2D eigenvalue weighted by molar-refractivity contribution is -0.402. The van der Waals surface area contributed by atoms with E-state index >= 15 is 0 Å². The van der Waals surface area contributed by atoms with Crippen molar-refractivity contribution in [1.29, 1.82) is 0 Å². The van der Waals surface area contributed by atoms with Gasteiger partial charge in [-0.3, -0.25) is 20.2 Å². The second-order valence-corrected chi connectivity index (χ2v) is 8.05. The van der Waals surface area contributed by atoms with Crippen molar-refractivity contribution in [2.75, 3.05) is 0 Å². The Morgan fingerprint density at radius 3 is 2.55 bits per heavy atom. The van der Waals surface area contributed by atoms with Crippen LogP contribution < -0.4 is 4.80 Å². The van der Waals surface area contributed by atoms with E-state index in [1.807, 2.05) is 0 Å². The van der Waals surface area contributed by atoms with E-state index in [2.05, 4.69) is 10.1 Å². The predicted octanol–water partition coefficient (Wildman–Crippen LogP) is 6.05. The van der Waals surface area contributed by atoms with Gasteiger partial charge in [0, 0.05) is 22.0 Å². The van der Waals surface area contributed by atoms with Gasteiger partial charge >= 0.3 is 5.88 Å². The topological polar surface area (TPSA) is 129 Å². The molecule has 0 fully saturated rings. The summed E-state index contributed by atoms with van der Waals surface area (Å²) < 4.78 is 6.51. The van der Waals surface area contributed by atoms with E-state index in [9.17, 15) is 20.2 Å². The molecule has 0 saturated heterocycles. The molecule has 0 amide bonds. The van der Waals surface area contributed by atoms with Gasteiger partial charge in [0.05, 0.1) is 27.9 Å². The number of nitro benzene ring substituents is 1. The Morgan fingerprint density at radius 1 is 1.03 bits per heavy atom. The van der Waals surface area contributed by atoms with Crippen LogP contribution in [0.5, 0.6) is 0 Å². The third-order valence-electron chi connectivity index (χ3n) is 4.28. The summed E-state index contributed by atoms with van der Waals surface area (Å²) in [6, 6.07) is 13.5. The molecule has 0 bridgehead atoms. The number of benzene rings is 2. The van der Waals surface area contributed by atoms with Crippen molar-refractivity contribution in [2.45, 2.75) is 0 Å². The minimum atomic E-state index is -0.665. The fourth-order valence-electron chi connectivity index (χ4n) is 2.81. The smallest absolute Gasteiger partial charge is 0.400 e. The maximum atomic E-state index is 11.4. The maximum Gasteiger partial charge on any atom is 0.433 e. The van der Waals surface area contributed by atoms with E-state index in [0.29, 0.717) is 21.3 Å². The number of aromatic nitrogens is 1. The highest BCUT2D eigenvalue weighted by molar-refractivity contribution is 7.07. The second-order valence-electron chi connectivity index (χ2n) is 6.37. The van der Waals surface area contributed by atoms with Gasteiger partial charge in [0.25, 0.3) is 5.69 Å². The number of hydrogen-bond donors (Lipinski definition) is 0. The van der Waals surface area contributed by atoms with Crippen molar-refractivity contribution in [1.82, 2.24) is 4.68 Å². The van der Waals surface area contributed by atoms with Gasteiger partial charge in [0.1, 0.15) is 10.6 Å². The van der Waals surface area contributed by atoms with Gasteiger partial charge in [-0.25, -0.2) is 9.67 Å². The molecule has 0 radical (unpaired) electrons. The number of thiazole rings is 1. The van der Waals surface area contributed by atoms with Gasteiger partial charge in [0.2, 0.25) is 4.80 Å². The second kappa shape index (κ2) is 9.36. The van der Waals surface area contributed by atoms with Crippen LogP contribution in [0.15, 0.2) is 74.5 Å². The number of halogens is 2. The van der Waals surface area contributed by atoms with Crippen LogP contribution in [0.1, 0.15) is 5.76 Å². The van der Waals surface area contributed by atoms with Gasteiger partial charge in [0.15, 0.2) is 5.76 Å². The van der Waals surface area contributed by atoms with E-state index < -0.39 is 15.7 Å². The van der Waals surface area contributed by atoms with E-state index in [0.717, 1.165) is 0 Å². The first kappa shape index (κ1) is 22.4. The van der Waals surface area contributed by atoms with E-state index in [-0.39, 0.29) is 21.9 Å². The van der Waals surface area contributed by atoms with Crippen LogP contribution in [0.3, 0.4) is 0 Å². The molecule has 0 aliphatic rings. The Labute approximate surface area is 199 Å². The quantitative estimate of drug-likeness (QED) is 0.179. The zero-order valence-corrected chi connectivity index (χ0v) is 18.6. The van der Waals surface area contributed by atoms with Crippen molar-refractivity contribution in [2.24, 2.45) is 10.1 Å². The van der Waals surface area contributed by atoms with Crippen LogP contribution in [-0.4, -0.2) is 20.7 Å². The fourth-order valence-corrected chi connectivity index (χ4v) is 4.04. The molecular formula is C20H11Cl2N5O5S. The van der Waals surface area contributed by atoms with Crippen molar-refractivity contribution >= 4 is 58.0 Å². The molecule has 0 atom stereocenters. The molecule has 166 valence electrons. The molecule has 2 aromatic heterocycles. The summed E-state index contributed by atoms with van der Waals surface area (Å²) in [7, 11) is 0. The largest absolute Gasteiger partial charge is 0.433 e. The standard InChI is InChI=1S/C20H11Cl2N5O5S/c21-12-5-7-15(22)14(9-12)18-11-33-20(24-16-3-1-2-4-17(16)26(28)29)25(18)23-10-13-6-8-19(32-13)27(30)31/h1-11H. The molecule has 33 heavy (non-hydrogen) atoms. The highest BCUT2D eigenvalue weighted by atomic mass is 35.5. The Hall–Kier alpha value is -3.80. The molecular weight excluding hydrogens is 493 g/mol. The van der Waals surface area contributed by atoms with Gasteiger partial charge < -0.3 is 4.42 Å². The molecule has 0 aliphatic carbocycles. The van der Waals surface area contributed by atoms with Crippen LogP contribution in [0.25, 0.3) is 11.3 Å². The molecule has 0 unspecified atom stereocenters. The summed E-state index contributed by atoms with van der Waals surface area (Å²) in [6.07, 6.45) is 1.26. The summed E-state index contributed by atoms with van der Waals surface area (Å²) in [5, 5.41) is 29.2. The molecule has 0 aliphatic heterocycles. The molecule has 2 heterocycles. The first-order valence-electron chi connectivity index (χ1n) is 9.06. The summed E-state index contributed by atoms with van der Waals surface area (Å²) in [5.74, 6) is -0.310. The average Bonchev–Trinajstić information content (AvgIpc) is 3.41. The lowest BCUT2D eigenvalue weighted by Gasteiger charge is -2.06. The number of rotatable bonds is 6. The summed E-state index contributed by atoms with van der Waals surface area (Å²) in [6.45, 7) is 0. The zero-order chi connectivity index (χ0) is 23.5. The van der Waals surface area contributed by atoms with E-state index in [4.69, 9.17) is 27.6 Å². The number of nitrogens with zero attached hydrogens (tertiary/aromatic N) is 5. The van der Waals surface area contributed by atoms with Crippen LogP contribution in [0.2, 0.25) is 10.0 Å².